The van der Waals surface area contributed by atoms with Crippen LogP contribution in [0.2, 0.25) is 0 Å². The highest BCUT2D eigenvalue weighted by Gasteiger charge is 2.13. The molecule has 130 valence electrons. The third kappa shape index (κ3) is 6.24. The van der Waals surface area contributed by atoms with Crippen LogP contribution in [0.5, 0.6) is 0 Å². The minimum atomic E-state index is -0.407. The summed E-state index contributed by atoms with van der Waals surface area (Å²) in [5, 5.41) is 2.76. The maximum atomic E-state index is 12.2. The first kappa shape index (κ1) is 19.4. The van der Waals surface area contributed by atoms with Crippen LogP contribution in [-0.4, -0.2) is 48.9 Å². The number of likely N-dealkylation sites (N-methyl/N-ethyl adjacent to an activating group) is 1. The molecule has 0 saturated heterocycles. The van der Waals surface area contributed by atoms with Crippen LogP contribution in [0.15, 0.2) is 30.3 Å². The van der Waals surface area contributed by atoms with Crippen molar-refractivity contribution in [2.45, 2.75) is 26.8 Å². The Labute approximate surface area is 142 Å². The third-order valence-electron chi connectivity index (χ3n) is 3.23. The lowest BCUT2D eigenvalue weighted by Crippen LogP contribution is -2.42. The van der Waals surface area contributed by atoms with Gasteiger partial charge in [-0.15, -0.1) is 0 Å². The number of esters is 1. The maximum Gasteiger partial charge on any atom is 0.337 e. The van der Waals surface area contributed by atoms with Gasteiger partial charge in [-0.05, 0) is 44.5 Å². The largest absolute Gasteiger partial charge is 0.465 e. The fourth-order valence-electron chi connectivity index (χ4n) is 2.01. The van der Waals surface area contributed by atoms with Gasteiger partial charge in [-0.3, -0.25) is 9.59 Å². The number of nitrogens with one attached hydrogen (secondary N) is 1. The highest BCUT2D eigenvalue weighted by molar-refractivity contribution is 5.94. The lowest BCUT2D eigenvalue weighted by Gasteiger charge is -2.19. The van der Waals surface area contributed by atoms with Crippen LogP contribution in [0.1, 0.15) is 36.7 Å². The molecule has 6 nitrogen and oxygen atoms in total. The van der Waals surface area contributed by atoms with E-state index in [0.717, 1.165) is 5.56 Å². The van der Waals surface area contributed by atoms with E-state index in [1.54, 1.807) is 30.3 Å². The van der Waals surface area contributed by atoms with E-state index in [2.05, 4.69) is 10.1 Å². The summed E-state index contributed by atoms with van der Waals surface area (Å²) in [6, 6.07) is 6.73. The summed E-state index contributed by atoms with van der Waals surface area (Å²) < 4.78 is 4.63. The first-order chi connectivity index (χ1) is 11.4. The molecule has 2 amide bonds. The van der Waals surface area contributed by atoms with E-state index in [1.807, 2.05) is 20.8 Å². The minimum absolute atomic E-state index is 0.0269. The fourth-order valence-corrected chi connectivity index (χ4v) is 2.01. The second kappa shape index (κ2) is 9.50. The van der Waals surface area contributed by atoms with E-state index < -0.39 is 5.97 Å². The molecule has 24 heavy (non-hydrogen) atoms. The van der Waals surface area contributed by atoms with Crippen LogP contribution >= 0.6 is 0 Å². The van der Waals surface area contributed by atoms with E-state index in [9.17, 15) is 14.4 Å². The number of benzene rings is 1. The number of methoxy groups -OCH3 is 1. The summed E-state index contributed by atoms with van der Waals surface area (Å²) in [6.07, 6.45) is 3.06. The van der Waals surface area contributed by atoms with Gasteiger partial charge in [0.25, 0.3) is 0 Å². The SMILES string of the molecule is CCN(CC(=O)NC(C)C)C(=O)/C=C/c1ccc(C(=O)OC)cc1. The summed E-state index contributed by atoms with van der Waals surface area (Å²) in [7, 11) is 1.32. The second-order valence-electron chi connectivity index (χ2n) is 5.52. The van der Waals surface area contributed by atoms with Gasteiger partial charge < -0.3 is 15.0 Å². The van der Waals surface area contributed by atoms with Gasteiger partial charge in [-0.25, -0.2) is 4.79 Å². The molecule has 1 N–H and O–H groups in total. The van der Waals surface area contributed by atoms with Crippen molar-refractivity contribution in [2.75, 3.05) is 20.2 Å². The van der Waals surface area contributed by atoms with Crippen LogP contribution in [0.4, 0.5) is 0 Å². The van der Waals surface area contributed by atoms with Crippen molar-refractivity contribution in [2.24, 2.45) is 0 Å². The molecular formula is C18H24N2O4. The molecule has 0 atom stereocenters. The van der Waals surface area contributed by atoms with E-state index in [4.69, 9.17) is 0 Å². The van der Waals surface area contributed by atoms with E-state index in [0.29, 0.717) is 12.1 Å². The molecule has 0 aliphatic heterocycles. The van der Waals surface area contributed by atoms with Crippen LogP contribution in [0.3, 0.4) is 0 Å². The first-order valence-electron chi connectivity index (χ1n) is 7.82. The van der Waals surface area contributed by atoms with Crippen molar-refractivity contribution >= 4 is 23.9 Å². The molecule has 0 unspecified atom stereocenters. The lowest BCUT2D eigenvalue weighted by molar-refractivity contribution is -0.132. The fraction of sp³-hybridized carbons (Fsp3) is 0.389. The molecule has 1 rings (SSSR count). The van der Waals surface area contributed by atoms with Crippen molar-refractivity contribution in [3.05, 3.63) is 41.5 Å². The van der Waals surface area contributed by atoms with Crippen LogP contribution in [-0.2, 0) is 14.3 Å². The van der Waals surface area contributed by atoms with Crippen molar-refractivity contribution in [3.63, 3.8) is 0 Å². The van der Waals surface area contributed by atoms with E-state index >= 15 is 0 Å². The molecule has 0 saturated carbocycles. The number of carbonyl (C=O) groups is 3. The Hall–Kier alpha value is -2.63. The average Bonchev–Trinajstić information content (AvgIpc) is 2.56. The molecule has 0 spiro atoms. The highest BCUT2D eigenvalue weighted by atomic mass is 16.5. The minimum Gasteiger partial charge on any atom is -0.465 e. The maximum absolute atomic E-state index is 12.2. The van der Waals surface area contributed by atoms with Crippen LogP contribution in [0, 0.1) is 0 Å². The molecule has 6 heteroatoms. The first-order valence-corrected chi connectivity index (χ1v) is 7.82. The Morgan fingerprint density at radius 3 is 2.33 bits per heavy atom. The number of nitrogens with zero attached hydrogens (tertiary/aromatic N) is 1. The van der Waals surface area contributed by atoms with Crippen molar-refractivity contribution in [1.82, 2.24) is 10.2 Å². The number of amides is 2. The summed E-state index contributed by atoms with van der Waals surface area (Å²) in [6.45, 7) is 6.02. The molecule has 0 aromatic heterocycles. The smallest absolute Gasteiger partial charge is 0.337 e. The van der Waals surface area contributed by atoms with Crippen LogP contribution < -0.4 is 5.32 Å². The summed E-state index contributed by atoms with van der Waals surface area (Å²) in [5.74, 6) is -0.834. The Kier molecular flexibility index (Phi) is 7.68. The van der Waals surface area contributed by atoms with Crippen LogP contribution in [0.25, 0.3) is 6.08 Å². The van der Waals surface area contributed by atoms with Gasteiger partial charge in [0.1, 0.15) is 0 Å². The van der Waals surface area contributed by atoms with Gasteiger partial charge in [0.15, 0.2) is 0 Å². The van der Waals surface area contributed by atoms with Crippen molar-refractivity contribution in [1.29, 1.82) is 0 Å². The van der Waals surface area contributed by atoms with Gasteiger partial charge in [0, 0.05) is 18.7 Å². The zero-order valence-corrected chi connectivity index (χ0v) is 14.5. The predicted octanol–water partition coefficient (Wildman–Crippen LogP) is 1.86. The third-order valence-corrected chi connectivity index (χ3v) is 3.23. The Morgan fingerprint density at radius 2 is 1.83 bits per heavy atom. The molecule has 1 aromatic rings. The molecule has 1 aromatic carbocycles. The standard InChI is InChI=1S/C18H24N2O4/c1-5-20(12-16(21)19-13(2)3)17(22)11-8-14-6-9-15(10-7-14)18(23)24-4/h6-11,13H,5,12H2,1-4H3,(H,19,21)/b11-8+. The molecule has 0 fully saturated rings. The normalized spacial score (nSPS) is 10.7. The summed E-state index contributed by atoms with van der Waals surface area (Å²) in [5.41, 5.74) is 1.22. The molecule has 0 heterocycles. The van der Waals surface area contributed by atoms with Gasteiger partial charge in [-0.1, -0.05) is 12.1 Å². The lowest BCUT2D eigenvalue weighted by atomic mass is 10.1. The number of ether oxygens (including phenoxy) is 1. The van der Waals surface area contributed by atoms with E-state index in [-0.39, 0.29) is 24.4 Å². The zero-order valence-electron chi connectivity index (χ0n) is 14.5. The number of carbonyl (C=O) groups excluding carboxylic acids is 3. The highest BCUT2D eigenvalue weighted by Crippen LogP contribution is 2.08. The Bertz CT molecular complexity index is 606. The summed E-state index contributed by atoms with van der Waals surface area (Å²) in [4.78, 5) is 36.7. The second-order valence-corrected chi connectivity index (χ2v) is 5.52. The van der Waals surface area contributed by atoms with Crippen molar-refractivity contribution < 1.29 is 19.1 Å². The predicted molar refractivity (Wildman–Crippen MR) is 92.3 cm³/mol. The monoisotopic (exact) mass is 332 g/mol. The van der Waals surface area contributed by atoms with Gasteiger partial charge in [0.2, 0.25) is 11.8 Å². The number of rotatable bonds is 7. The topological polar surface area (TPSA) is 75.7 Å². The molecular weight excluding hydrogens is 308 g/mol. The Balaban J connectivity index is 2.68. The quantitative estimate of drug-likeness (QED) is 0.611. The van der Waals surface area contributed by atoms with Crippen molar-refractivity contribution in [3.8, 4) is 0 Å². The Morgan fingerprint density at radius 1 is 1.21 bits per heavy atom. The van der Waals surface area contributed by atoms with Gasteiger partial charge in [-0.2, -0.15) is 0 Å². The van der Waals surface area contributed by atoms with E-state index in [1.165, 1.54) is 18.1 Å². The number of hydrogen-bond acceptors (Lipinski definition) is 4. The van der Waals surface area contributed by atoms with Gasteiger partial charge in [0.05, 0.1) is 19.2 Å². The average molecular weight is 332 g/mol. The molecule has 0 aliphatic rings. The summed E-state index contributed by atoms with van der Waals surface area (Å²) >= 11 is 0. The zero-order chi connectivity index (χ0) is 18.1. The molecule has 0 radical (unpaired) electrons. The number of hydrogen-bond donors (Lipinski definition) is 1. The molecule has 0 aliphatic carbocycles. The molecule has 0 bridgehead atoms. The van der Waals surface area contributed by atoms with Gasteiger partial charge >= 0.3 is 5.97 Å².